The molecule has 0 spiro atoms. The zero-order chi connectivity index (χ0) is 6.62. The van der Waals surface area contributed by atoms with Crippen molar-refractivity contribution >= 4 is 10.0 Å². The number of hydrogen-bond donors (Lipinski definition) is 0. The molecule has 4 heteroatoms. The molecule has 47 valence electrons. The van der Waals surface area contributed by atoms with Gasteiger partial charge in [-0.1, -0.05) is 6.08 Å². The lowest BCUT2D eigenvalue weighted by Gasteiger charge is -1.87. The van der Waals surface area contributed by atoms with Gasteiger partial charge in [0.1, 0.15) is 0 Å². The van der Waals surface area contributed by atoms with E-state index in [1.165, 1.54) is 6.08 Å². The maximum absolute atomic E-state index is 10.0. The predicted octanol–water partition coefficient (Wildman–Crippen LogP) is 0.175. The standard InChI is InChI=1S/C4H8NO2S/c1-2-3-4-8(5,6)7/h2,5H,1,3-4H2. The molecule has 0 saturated carbocycles. The molecule has 0 atom stereocenters. The predicted molar refractivity (Wildman–Crippen MR) is 31.7 cm³/mol. The van der Waals surface area contributed by atoms with Gasteiger partial charge in [-0.3, -0.25) is 0 Å². The highest BCUT2D eigenvalue weighted by molar-refractivity contribution is 7.88. The van der Waals surface area contributed by atoms with Crippen molar-refractivity contribution in [3.63, 3.8) is 0 Å². The quantitative estimate of drug-likeness (QED) is 0.517. The highest BCUT2D eigenvalue weighted by atomic mass is 32.2. The molecule has 3 nitrogen and oxygen atoms in total. The Kier molecular flexibility index (Phi) is 2.71. The first-order valence-electron chi connectivity index (χ1n) is 2.14. The Morgan fingerprint density at radius 3 is 2.25 bits per heavy atom. The number of sulfonamides is 1. The van der Waals surface area contributed by atoms with E-state index in [0.29, 0.717) is 6.42 Å². The summed E-state index contributed by atoms with van der Waals surface area (Å²) < 4.78 is 20.0. The van der Waals surface area contributed by atoms with E-state index >= 15 is 0 Å². The van der Waals surface area contributed by atoms with Gasteiger partial charge >= 0.3 is 0 Å². The maximum Gasteiger partial charge on any atom is 0.225 e. The summed E-state index contributed by atoms with van der Waals surface area (Å²) in [6.45, 7) is 3.32. The van der Waals surface area contributed by atoms with Crippen molar-refractivity contribution in [2.75, 3.05) is 5.75 Å². The Labute approximate surface area is 49.2 Å². The Morgan fingerprint density at radius 1 is 1.62 bits per heavy atom. The molecular formula is C4H8NO2S. The van der Waals surface area contributed by atoms with Gasteiger partial charge in [0.05, 0.1) is 5.75 Å². The molecule has 0 aliphatic heterocycles. The molecule has 1 radical (unpaired) electrons. The van der Waals surface area contributed by atoms with E-state index in [1.807, 2.05) is 0 Å². The SMILES string of the molecule is C=CCCS([NH])(=O)=O. The van der Waals surface area contributed by atoms with Gasteiger partial charge in [0.15, 0.2) is 0 Å². The first kappa shape index (κ1) is 7.65. The lowest BCUT2D eigenvalue weighted by atomic mass is 10.5. The largest absolute Gasteiger partial charge is 0.225 e. The van der Waals surface area contributed by atoms with Crippen LogP contribution in [0, 0.1) is 0 Å². The molecule has 0 unspecified atom stereocenters. The van der Waals surface area contributed by atoms with Crippen LogP contribution in [0.5, 0.6) is 0 Å². The fourth-order valence-electron chi connectivity index (χ4n) is 0.238. The minimum atomic E-state index is -3.51. The number of allylic oxidation sites excluding steroid dienone is 1. The Hall–Kier alpha value is -0.350. The highest BCUT2D eigenvalue weighted by Crippen LogP contribution is 1.85. The van der Waals surface area contributed by atoms with Crippen LogP contribution in [-0.4, -0.2) is 14.2 Å². The number of nitrogens with one attached hydrogen (secondary N) is 1. The molecule has 0 aromatic rings. The van der Waals surface area contributed by atoms with Crippen molar-refractivity contribution in [3.8, 4) is 0 Å². The third-order valence-electron chi connectivity index (χ3n) is 0.591. The van der Waals surface area contributed by atoms with Crippen LogP contribution in [0.4, 0.5) is 0 Å². The first-order chi connectivity index (χ1) is 3.56. The molecule has 0 heterocycles. The van der Waals surface area contributed by atoms with Crippen molar-refractivity contribution < 1.29 is 8.42 Å². The summed E-state index contributed by atoms with van der Waals surface area (Å²) in [6, 6.07) is 0. The number of rotatable bonds is 3. The van der Waals surface area contributed by atoms with Gasteiger partial charge in [0, 0.05) is 0 Å². The van der Waals surface area contributed by atoms with Gasteiger partial charge in [-0.05, 0) is 6.42 Å². The summed E-state index contributed by atoms with van der Waals surface area (Å²) in [5.41, 5.74) is 0. The summed E-state index contributed by atoms with van der Waals surface area (Å²) in [4.78, 5) is 0. The summed E-state index contributed by atoms with van der Waals surface area (Å²) in [5, 5.41) is 6.36. The molecule has 0 bridgehead atoms. The minimum Gasteiger partial charge on any atom is -0.211 e. The lowest BCUT2D eigenvalue weighted by Crippen LogP contribution is -2.04. The van der Waals surface area contributed by atoms with Gasteiger partial charge in [0.2, 0.25) is 10.0 Å². The molecule has 8 heavy (non-hydrogen) atoms. The molecular weight excluding hydrogens is 126 g/mol. The van der Waals surface area contributed by atoms with Gasteiger partial charge < -0.3 is 0 Å². The van der Waals surface area contributed by atoms with E-state index in [0.717, 1.165) is 0 Å². The summed E-state index contributed by atoms with van der Waals surface area (Å²) in [7, 11) is -3.51. The van der Waals surface area contributed by atoms with Crippen LogP contribution in [0.25, 0.3) is 0 Å². The molecule has 0 aromatic carbocycles. The monoisotopic (exact) mass is 134 g/mol. The smallest absolute Gasteiger partial charge is 0.211 e. The molecule has 1 N–H and O–H groups in total. The Bertz CT molecular complexity index is 159. The summed E-state index contributed by atoms with van der Waals surface area (Å²) >= 11 is 0. The van der Waals surface area contributed by atoms with E-state index in [1.54, 1.807) is 0 Å². The average molecular weight is 134 g/mol. The molecule has 0 saturated heterocycles. The third kappa shape index (κ3) is 5.65. The van der Waals surface area contributed by atoms with Gasteiger partial charge in [-0.25, -0.2) is 8.42 Å². The molecule has 0 aromatic heterocycles. The van der Waals surface area contributed by atoms with Crippen LogP contribution in [0.1, 0.15) is 6.42 Å². The van der Waals surface area contributed by atoms with Crippen molar-refractivity contribution in [1.29, 1.82) is 0 Å². The van der Waals surface area contributed by atoms with Crippen molar-refractivity contribution in [2.45, 2.75) is 6.42 Å². The zero-order valence-electron chi connectivity index (χ0n) is 4.42. The molecule has 0 rings (SSSR count). The summed E-state index contributed by atoms with van der Waals surface area (Å²) in [5.74, 6) is -0.115. The second-order valence-electron chi connectivity index (χ2n) is 1.40. The third-order valence-corrected chi connectivity index (χ3v) is 1.36. The van der Waals surface area contributed by atoms with Crippen LogP contribution in [-0.2, 0) is 10.0 Å². The average Bonchev–Trinajstić information content (AvgIpc) is 1.59. The van der Waals surface area contributed by atoms with Crippen LogP contribution in [0.3, 0.4) is 0 Å². The Morgan fingerprint density at radius 2 is 2.12 bits per heavy atom. The van der Waals surface area contributed by atoms with Crippen molar-refractivity contribution in [1.82, 2.24) is 5.14 Å². The van der Waals surface area contributed by atoms with E-state index in [2.05, 4.69) is 6.58 Å². The highest BCUT2D eigenvalue weighted by Gasteiger charge is 1.98. The number of hydrogen-bond acceptors (Lipinski definition) is 2. The van der Waals surface area contributed by atoms with E-state index in [-0.39, 0.29) is 5.75 Å². The topological polar surface area (TPSA) is 57.9 Å². The van der Waals surface area contributed by atoms with E-state index in [4.69, 9.17) is 5.14 Å². The fraction of sp³-hybridized carbons (Fsp3) is 0.500. The van der Waals surface area contributed by atoms with E-state index in [9.17, 15) is 8.42 Å². The normalized spacial score (nSPS) is 11.1. The second kappa shape index (κ2) is 2.84. The van der Waals surface area contributed by atoms with Crippen LogP contribution >= 0.6 is 0 Å². The second-order valence-corrected chi connectivity index (χ2v) is 3.03. The van der Waals surface area contributed by atoms with Gasteiger partial charge in [-0.15, -0.1) is 11.7 Å². The van der Waals surface area contributed by atoms with Crippen LogP contribution < -0.4 is 5.14 Å². The summed E-state index contributed by atoms with van der Waals surface area (Å²) in [6.07, 6.45) is 1.85. The van der Waals surface area contributed by atoms with Crippen molar-refractivity contribution in [3.05, 3.63) is 12.7 Å². The molecule has 0 amide bonds. The molecule has 0 aliphatic rings. The van der Waals surface area contributed by atoms with Gasteiger partial charge in [-0.2, -0.15) is 0 Å². The molecule has 0 aliphatic carbocycles. The first-order valence-corrected chi connectivity index (χ1v) is 3.79. The maximum atomic E-state index is 10.0. The van der Waals surface area contributed by atoms with Crippen LogP contribution in [0.2, 0.25) is 0 Å². The Balaban J connectivity index is 3.57. The van der Waals surface area contributed by atoms with Crippen LogP contribution in [0.15, 0.2) is 12.7 Å². The van der Waals surface area contributed by atoms with Gasteiger partial charge in [0.25, 0.3) is 0 Å². The lowest BCUT2D eigenvalue weighted by molar-refractivity contribution is 0.596. The van der Waals surface area contributed by atoms with E-state index < -0.39 is 10.0 Å². The molecule has 0 fully saturated rings. The zero-order valence-corrected chi connectivity index (χ0v) is 5.24. The van der Waals surface area contributed by atoms with Crippen molar-refractivity contribution in [2.24, 2.45) is 0 Å². The minimum absolute atomic E-state index is 0.115. The fourth-order valence-corrected chi connectivity index (χ4v) is 0.715.